The zero-order valence-corrected chi connectivity index (χ0v) is 18.9. The molecular formula is C27H34FN3. The molecule has 1 saturated heterocycles. The second-order valence-corrected chi connectivity index (χ2v) is 9.70. The van der Waals surface area contributed by atoms with E-state index in [2.05, 4.69) is 29.4 Å². The van der Waals surface area contributed by atoms with Crippen LogP contribution in [0.25, 0.3) is 10.9 Å². The summed E-state index contributed by atoms with van der Waals surface area (Å²) < 4.78 is 15.8. The monoisotopic (exact) mass is 419 g/mol. The third-order valence-corrected chi connectivity index (χ3v) is 7.85. The highest BCUT2D eigenvalue weighted by molar-refractivity contribution is 5.93. The average Bonchev–Trinajstić information content (AvgIpc) is 3.06. The minimum absolute atomic E-state index is 0.182. The quantitative estimate of drug-likeness (QED) is 0.473. The van der Waals surface area contributed by atoms with Crippen LogP contribution < -0.4 is 4.90 Å². The molecule has 31 heavy (non-hydrogen) atoms. The van der Waals surface area contributed by atoms with Crippen molar-refractivity contribution in [2.24, 2.45) is 11.8 Å². The lowest BCUT2D eigenvalue weighted by molar-refractivity contribution is 0.220. The van der Waals surface area contributed by atoms with Gasteiger partial charge >= 0.3 is 0 Å². The lowest BCUT2D eigenvalue weighted by Gasteiger charge is -2.39. The summed E-state index contributed by atoms with van der Waals surface area (Å²) in [6, 6.07) is 9.06. The van der Waals surface area contributed by atoms with Crippen LogP contribution in [0.3, 0.4) is 0 Å². The lowest BCUT2D eigenvalue weighted by Crippen LogP contribution is -2.39. The molecule has 3 heterocycles. The van der Waals surface area contributed by atoms with Crippen LogP contribution in [0.4, 0.5) is 10.2 Å². The largest absolute Gasteiger partial charge is 0.355 e. The van der Waals surface area contributed by atoms with Crippen molar-refractivity contribution in [1.82, 2.24) is 9.55 Å². The predicted octanol–water partition coefficient (Wildman–Crippen LogP) is 6.64. The van der Waals surface area contributed by atoms with Gasteiger partial charge in [0.25, 0.3) is 0 Å². The summed E-state index contributed by atoms with van der Waals surface area (Å²) in [7, 11) is 0. The third kappa shape index (κ3) is 3.97. The smallest absolute Gasteiger partial charge is 0.153 e. The summed E-state index contributed by atoms with van der Waals surface area (Å²) in [6.07, 6.45) is 11.7. The first-order valence-corrected chi connectivity index (χ1v) is 12.1. The number of benzene rings is 1. The maximum Gasteiger partial charge on any atom is 0.153 e. The van der Waals surface area contributed by atoms with Crippen molar-refractivity contribution >= 4 is 16.7 Å². The van der Waals surface area contributed by atoms with Crippen molar-refractivity contribution in [2.75, 3.05) is 18.0 Å². The van der Waals surface area contributed by atoms with E-state index in [1.54, 1.807) is 12.1 Å². The van der Waals surface area contributed by atoms with Crippen molar-refractivity contribution in [3.8, 4) is 0 Å². The van der Waals surface area contributed by atoms with Crippen LogP contribution in [-0.4, -0.2) is 22.6 Å². The Morgan fingerprint density at radius 1 is 0.935 bits per heavy atom. The van der Waals surface area contributed by atoms with E-state index in [4.69, 9.17) is 4.98 Å². The van der Waals surface area contributed by atoms with Gasteiger partial charge in [-0.15, -0.1) is 0 Å². The van der Waals surface area contributed by atoms with Crippen LogP contribution in [0, 0.1) is 31.5 Å². The van der Waals surface area contributed by atoms with Gasteiger partial charge < -0.3 is 9.47 Å². The van der Waals surface area contributed by atoms with Gasteiger partial charge in [-0.25, -0.2) is 9.37 Å². The molecular weight excluding hydrogens is 385 g/mol. The zero-order chi connectivity index (χ0) is 21.4. The van der Waals surface area contributed by atoms with Gasteiger partial charge in [0.1, 0.15) is 5.82 Å². The molecule has 1 saturated carbocycles. The predicted molar refractivity (Wildman–Crippen MR) is 126 cm³/mol. The highest BCUT2D eigenvalue weighted by Crippen LogP contribution is 2.38. The third-order valence-electron chi connectivity index (χ3n) is 7.85. The molecule has 2 aliphatic rings. The maximum atomic E-state index is 13.4. The molecule has 2 fully saturated rings. The number of aromatic nitrogens is 2. The van der Waals surface area contributed by atoms with Crippen LogP contribution in [0.2, 0.25) is 0 Å². The number of piperidine rings is 1. The number of hydrogen-bond acceptors (Lipinski definition) is 2. The van der Waals surface area contributed by atoms with Crippen molar-refractivity contribution < 1.29 is 4.39 Å². The molecule has 0 bridgehead atoms. The summed E-state index contributed by atoms with van der Waals surface area (Å²) >= 11 is 0. The van der Waals surface area contributed by atoms with E-state index in [-0.39, 0.29) is 5.82 Å². The fourth-order valence-electron chi connectivity index (χ4n) is 5.97. The standard InChI is InChI=1S/C27H34FN3/c1-19-20(2)31(17-21-10-12-24(28)13-11-21)26-25(19)14-15-29-27(26)30-16-6-9-23(18-30)22-7-4-3-5-8-22/h10-15,22-23H,3-9,16-18H2,1-2H3. The van der Waals surface area contributed by atoms with E-state index in [1.165, 1.54) is 67.1 Å². The van der Waals surface area contributed by atoms with Gasteiger partial charge in [-0.2, -0.15) is 0 Å². The summed E-state index contributed by atoms with van der Waals surface area (Å²) in [6.45, 7) is 7.38. The van der Waals surface area contributed by atoms with Crippen molar-refractivity contribution in [3.05, 3.63) is 59.2 Å². The highest BCUT2D eigenvalue weighted by Gasteiger charge is 2.30. The molecule has 1 unspecified atom stereocenters. The Bertz CT molecular complexity index is 1050. The molecule has 0 N–H and O–H groups in total. The molecule has 1 aliphatic carbocycles. The number of aryl methyl sites for hydroxylation is 1. The number of halogens is 1. The van der Waals surface area contributed by atoms with Gasteiger partial charge in [0.2, 0.25) is 0 Å². The maximum absolute atomic E-state index is 13.4. The molecule has 2 aromatic heterocycles. The van der Waals surface area contributed by atoms with Gasteiger partial charge in [-0.3, -0.25) is 0 Å². The van der Waals surface area contributed by atoms with Gasteiger partial charge in [0, 0.05) is 36.9 Å². The van der Waals surface area contributed by atoms with Crippen molar-refractivity contribution in [3.63, 3.8) is 0 Å². The summed E-state index contributed by atoms with van der Waals surface area (Å²) in [5.41, 5.74) is 4.96. The molecule has 0 amide bonds. The Balaban J connectivity index is 1.51. The van der Waals surface area contributed by atoms with Crippen molar-refractivity contribution in [1.29, 1.82) is 0 Å². The van der Waals surface area contributed by atoms with E-state index >= 15 is 0 Å². The van der Waals surface area contributed by atoms with Crippen LogP contribution in [0.15, 0.2) is 36.5 Å². The molecule has 3 aromatic rings. The number of nitrogens with zero attached hydrogens (tertiary/aromatic N) is 3. The highest BCUT2D eigenvalue weighted by atomic mass is 19.1. The van der Waals surface area contributed by atoms with Crippen LogP contribution in [0.5, 0.6) is 0 Å². The topological polar surface area (TPSA) is 21.1 Å². The van der Waals surface area contributed by atoms with E-state index in [0.29, 0.717) is 0 Å². The van der Waals surface area contributed by atoms with Gasteiger partial charge in [0.05, 0.1) is 5.52 Å². The number of hydrogen-bond donors (Lipinski definition) is 0. The van der Waals surface area contributed by atoms with Gasteiger partial charge in [0.15, 0.2) is 5.82 Å². The molecule has 1 aliphatic heterocycles. The van der Waals surface area contributed by atoms with E-state index in [1.807, 2.05) is 18.3 Å². The van der Waals surface area contributed by atoms with Gasteiger partial charge in [-0.1, -0.05) is 44.2 Å². The fourth-order valence-corrected chi connectivity index (χ4v) is 5.97. The summed E-state index contributed by atoms with van der Waals surface area (Å²) in [5, 5.41) is 1.30. The first-order valence-electron chi connectivity index (χ1n) is 12.1. The molecule has 164 valence electrons. The normalized spacial score (nSPS) is 20.5. The lowest BCUT2D eigenvalue weighted by atomic mass is 9.76. The Morgan fingerprint density at radius 3 is 2.45 bits per heavy atom. The van der Waals surface area contributed by atoms with Crippen LogP contribution in [-0.2, 0) is 6.54 Å². The number of rotatable bonds is 4. The Hall–Kier alpha value is -2.36. The molecule has 0 radical (unpaired) electrons. The van der Waals surface area contributed by atoms with Gasteiger partial charge in [-0.05, 0) is 67.9 Å². The first-order chi connectivity index (χ1) is 15.1. The first kappa shape index (κ1) is 20.5. The Labute approximate surface area is 185 Å². The fraction of sp³-hybridized carbons (Fsp3) is 0.519. The second kappa shape index (κ2) is 8.64. The molecule has 3 nitrogen and oxygen atoms in total. The molecule has 5 rings (SSSR count). The van der Waals surface area contributed by atoms with Crippen LogP contribution in [0.1, 0.15) is 61.8 Å². The van der Waals surface area contributed by atoms with Crippen LogP contribution >= 0.6 is 0 Å². The molecule has 0 spiro atoms. The Morgan fingerprint density at radius 2 is 1.68 bits per heavy atom. The molecule has 1 aromatic carbocycles. The van der Waals surface area contributed by atoms with E-state index < -0.39 is 0 Å². The number of anilines is 1. The molecule has 1 atom stereocenters. The minimum Gasteiger partial charge on any atom is -0.355 e. The SMILES string of the molecule is Cc1c(C)n(Cc2ccc(F)cc2)c2c(N3CCCC(C4CCCCC4)C3)nccc12. The Kier molecular flexibility index (Phi) is 5.73. The number of pyridine rings is 1. The van der Waals surface area contributed by atoms with E-state index in [0.717, 1.165) is 42.9 Å². The second-order valence-electron chi connectivity index (χ2n) is 9.70. The summed E-state index contributed by atoms with van der Waals surface area (Å²) in [5.74, 6) is 2.65. The minimum atomic E-state index is -0.182. The number of fused-ring (bicyclic) bond motifs is 1. The summed E-state index contributed by atoms with van der Waals surface area (Å²) in [4.78, 5) is 7.49. The zero-order valence-electron chi connectivity index (χ0n) is 18.9. The molecule has 4 heteroatoms. The van der Waals surface area contributed by atoms with Crippen molar-refractivity contribution in [2.45, 2.75) is 65.3 Å². The average molecular weight is 420 g/mol. The van der Waals surface area contributed by atoms with E-state index in [9.17, 15) is 4.39 Å².